The Kier molecular flexibility index (Phi) is 5.08. The minimum absolute atomic E-state index is 0.177. The minimum Gasteiger partial charge on any atom is -0.340 e. The van der Waals surface area contributed by atoms with E-state index in [-0.39, 0.29) is 5.91 Å². The molecular weight excluding hydrogens is 306 g/mol. The summed E-state index contributed by atoms with van der Waals surface area (Å²) in [5.74, 6) is 0.177. The van der Waals surface area contributed by atoms with E-state index in [1.807, 2.05) is 4.90 Å². The fourth-order valence-electron chi connectivity index (χ4n) is 2.85. The lowest BCUT2D eigenvalue weighted by molar-refractivity contribution is -0.130. The van der Waals surface area contributed by atoms with Crippen LogP contribution in [0.1, 0.15) is 25.1 Å². The van der Waals surface area contributed by atoms with Gasteiger partial charge in [-0.25, -0.2) is 4.98 Å². The third-order valence-corrected chi connectivity index (χ3v) is 5.30. The van der Waals surface area contributed by atoms with Gasteiger partial charge in [-0.3, -0.25) is 9.69 Å². The molecule has 122 valence electrons. The molecule has 2 aromatic rings. The molecule has 1 aromatic carbocycles. The second kappa shape index (κ2) is 7.23. The van der Waals surface area contributed by atoms with Crippen LogP contribution in [0, 0.1) is 0 Å². The number of carbonyl (C=O) groups is 1. The molecule has 0 aliphatic carbocycles. The maximum absolute atomic E-state index is 11.4. The zero-order chi connectivity index (χ0) is 16.2. The number of rotatable bonds is 4. The second-order valence-electron chi connectivity index (χ2n) is 5.98. The Morgan fingerprint density at radius 3 is 2.48 bits per heavy atom. The van der Waals surface area contributed by atoms with Gasteiger partial charge in [-0.2, -0.15) is 0 Å². The molecule has 0 radical (unpaired) electrons. The summed E-state index contributed by atoms with van der Waals surface area (Å²) in [7, 11) is 0. The van der Waals surface area contributed by atoms with Crippen molar-refractivity contribution in [1.82, 2.24) is 14.8 Å². The number of amides is 1. The molecule has 0 unspecified atom stereocenters. The number of aryl methyl sites for hydroxylation is 1. The lowest BCUT2D eigenvalue weighted by atomic mass is 10.1. The highest BCUT2D eigenvalue weighted by Gasteiger charge is 2.19. The summed E-state index contributed by atoms with van der Waals surface area (Å²) in [4.78, 5) is 20.4. The Morgan fingerprint density at radius 1 is 1.17 bits per heavy atom. The minimum atomic E-state index is 0.177. The Bertz CT molecular complexity index is 657. The van der Waals surface area contributed by atoms with Crippen LogP contribution in [0.4, 0.5) is 0 Å². The Balaban J connectivity index is 1.60. The summed E-state index contributed by atoms with van der Waals surface area (Å²) in [5, 5.41) is 3.24. The molecule has 0 N–H and O–H groups in total. The molecule has 1 fully saturated rings. The van der Waals surface area contributed by atoms with Gasteiger partial charge in [0.15, 0.2) is 0 Å². The van der Waals surface area contributed by atoms with Crippen molar-refractivity contribution in [2.45, 2.75) is 26.8 Å². The fraction of sp³-hybridized carbons (Fsp3) is 0.444. The number of aromatic nitrogens is 1. The zero-order valence-corrected chi connectivity index (χ0v) is 14.6. The predicted octanol–water partition coefficient (Wildman–Crippen LogP) is 3.04. The third kappa shape index (κ3) is 3.98. The predicted molar refractivity (Wildman–Crippen MR) is 94.5 cm³/mol. The van der Waals surface area contributed by atoms with Crippen LogP contribution in [0.3, 0.4) is 0 Å². The molecule has 2 heterocycles. The summed E-state index contributed by atoms with van der Waals surface area (Å²) >= 11 is 1.71. The Morgan fingerprint density at radius 2 is 1.87 bits per heavy atom. The van der Waals surface area contributed by atoms with Crippen LogP contribution in [-0.2, 0) is 17.8 Å². The highest BCUT2D eigenvalue weighted by atomic mass is 32.1. The van der Waals surface area contributed by atoms with Gasteiger partial charge in [0.05, 0.1) is 5.69 Å². The largest absolute Gasteiger partial charge is 0.340 e. The molecular formula is C18H23N3OS. The van der Waals surface area contributed by atoms with Gasteiger partial charge in [0.2, 0.25) is 5.91 Å². The van der Waals surface area contributed by atoms with Gasteiger partial charge >= 0.3 is 0 Å². The number of carbonyl (C=O) groups excluding carboxylic acids is 1. The van der Waals surface area contributed by atoms with E-state index in [1.54, 1.807) is 18.3 Å². The van der Waals surface area contributed by atoms with Crippen LogP contribution in [-0.4, -0.2) is 46.9 Å². The van der Waals surface area contributed by atoms with E-state index in [0.717, 1.165) is 49.8 Å². The van der Waals surface area contributed by atoms with E-state index < -0.39 is 0 Å². The second-order valence-corrected chi connectivity index (χ2v) is 6.83. The van der Waals surface area contributed by atoms with Gasteiger partial charge < -0.3 is 4.90 Å². The van der Waals surface area contributed by atoms with Crippen molar-refractivity contribution in [3.8, 4) is 10.6 Å². The van der Waals surface area contributed by atoms with Crippen molar-refractivity contribution in [1.29, 1.82) is 0 Å². The average molecular weight is 329 g/mol. The van der Waals surface area contributed by atoms with Gasteiger partial charge in [-0.05, 0) is 12.0 Å². The van der Waals surface area contributed by atoms with Crippen LogP contribution in [0.2, 0.25) is 0 Å². The maximum atomic E-state index is 11.4. The van der Waals surface area contributed by atoms with Gasteiger partial charge in [-0.15, -0.1) is 11.3 Å². The summed E-state index contributed by atoms with van der Waals surface area (Å²) in [6.07, 6.45) is 1.07. The third-order valence-electron chi connectivity index (χ3n) is 4.36. The van der Waals surface area contributed by atoms with Crippen molar-refractivity contribution in [2.24, 2.45) is 0 Å². The quantitative estimate of drug-likeness (QED) is 0.865. The molecule has 1 saturated heterocycles. The maximum Gasteiger partial charge on any atom is 0.219 e. The average Bonchev–Trinajstić information content (AvgIpc) is 3.04. The lowest BCUT2D eigenvalue weighted by Gasteiger charge is -2.33. The van der Waals surface area contributed by atoms with Crippen molar-refractivity contribution in [2.75, 3.05) is 26.2 Å². The molecule has 0 spiro atoms. The SMILES string of the molecule is CCc1ccc(-c2nc(CN3CCN(C(C)=O)CC3)cs2)cc1. The van der Waals surface area contributed by atoms with Crippen molar-refractivity contribution in [3.63, 3.8) is 0 Å². The molecule has 1 aromatic heterocycles. The van der Waals surface area contributed by atoms with Crippen LogP contribution in [0.25, 0.3) is 10.6 Å². The van der Waals surface area contributed by atoms with Crippen molar-refractivity contribution < 1.29 is 4.79 Å². The Hall–Kier alpha value is -1.72. The summed E-state index contributed by atoms with van der Waals surface area (Å²) < 4.78 is 0. The molecule has 5 heteroatoms. The van der Waals surface area contributed by atoms with Crippen LogP contribution >= 0.6 is 11.3 Å². The molecule has 1 aliphatic rings. The molecule has 0 bridgehead atoms. The zero-order valence-electron chi connectivity index (χ0n) is 13.8. The number of hydrogen-bond donors (Lipinski definition) is 0. The van der Waals surface area contributed by atoms with E-state index in [4.69, 9.17) is 4.98 Å². The van der Waals surface area contributed by atoms with Gasteiger partial charge in [0.25, 0.3) is 0 Å². The highest BCUT2D eigenvalue weighted by molar-refractivity contribution is 7.13. The van der Waals surface area contributed by atoms with Gasteiger partial charge in [0.1, 0.15) is 5.01 Å². The van der Waals surface area contributed by atoms with E-state index in [9.17, 15) is 4.79 Å². The van der Waals surface area contributed by atoms with Crippen molar-refractivity contribution in [3.05, 3.63) is 40.9 Å². The first kappa shape index (κ1) is 16.1. The van der Waals surface area contributed by atoms with E-state index in [1.165, 1.54) is 11.1 Å². The number of hydrogen-bond acceptors (Lipinski definition) is 4. The first-order chi connectivity index (χ1) is 11.2. The Labute approximate surface area is 141 Å². The molecule has 3 rings (SSSR count). The van der Waals surface area contributed by atoms with Crippen molar-refractivity contribution >= 4 is 17.2 Å². The first-order valence-electron chi connectivity index (χ1n) is 8.17. The monoisotopic (exact) mass is 329 g/mol. The van der Waals surface area contributed by atoms with Crippen LogP contribution < -0.4 is 0 Å². The fourth-order valence-corrected chi connectivity index (χ4v) is 3.66. The number of nitrogens with zero attached hydrogens (tertiary/aromatic N) is 3. The number of piperazine rings is 1. The number of benzene rings is 1. The van der Waals surface area contributed by atoms with E-state index in [0.29, 0.717) is 0 Å². The smallest absolute Gasteiger partial charge is 0.219 e. The molecule has 1 amide bonds. The molecule has 0 saturated carbocycles. The highest BCUT2D eigenvalue weighted by Crippen LogP contribution is 2.25. The van der Waals surface area contributed by atoms with Gasteiger partial charge in [0, 0.05) is 50.6 Å². The topological polar surface area (TPSA) is 36.4 Å². The number of thiazole rings is 1. The molecule has 4 nitrogen and oxygen atoms in total. The van der Waals surface area contributed by atoms with Gasteiger partial charge in [-0.1, -0.05) is 31.2 Å². The van der Waals surface area contributed by atoms with E-state index >= 15 is 0 Å². The molecule has 23 heavy (non-hydrogen) atoms. The lowest BCUT2D eigenvalue weighted by Crippen LogP contribution is -2.47. The normalized spacial score (nSPS) is 15.8. The molecule has 1 aliphatic heterocycles. The van der Waals surface area contributed by atoms with Crippen LogP contribution in [0.15, 0.2) is 29.6 Å². The summed E-state index contributed by atoms with van der Waals surface area (Å²) in [6, 6.07) is 8.68. The van der Waals surface area contributed by atoms with E-state index in [2.05, 4.69) is 41.5 Å². The first-order valence-corrected chi connectivity index (χ1v) is 9.05. The molecule has 0 atom stereocenters. The summed E-state index contributed by atoms with van der Waals surface area (Å²) in [5.41, 5.74) is 3.68. The summed E-state index contributed by atoms with van der Waals surface area (Å²) in [6.45, 7) is 8.19. The van der Waals surface area contributed by atoms with Crippen LogP contribution in [0.5, 0.6) is 0 Å². The standard InChI is InChI=1S/C18H23N3OS/c1-3-15-4-6-16(7-5-15)18-19-17(13-23-18)12-20-8-10-21(11-9-20)14(2)22/h4-7,13H,3,8-12H2,1-2H3.